The van der Waals surface area contributed by atoms with E-state index in [-0.39, 0.29) is 31.2 Å². The van der Waals surface area contributed by atoms with Crippen molar-refractivity contribution in [3.05, 3.63) is 66.7 Å². The highest BCUT2D eigenvalue weighted by Gasteiger charge is 2.52. The molecule has 2 aliphatic heterocycles. The van der Waals surface area contributed by atoms with Crippen LogP contribution in [0.1, 0.15) is 52.4 Å². The van der Waals surface area contributed by atoms with Crippen molar-refractivity contribution in [1.29, 1.82) is 0 Å². The van der Waals surface area contributed by atoms with Crippen LogP contribution in [0.4, 0.5) is 0 Å². The largest absolute Gasteiger partial charge is 0.497 e. The number of pyridine rings is 1. The first kappa shape index (κ1) is 32.5. The van der Waals surface area contributed by atoms with Crippen molar-refractivity contribution in [3.8, 4) is 22.8 Å². The maximum absolute atomic E-state index is 14.5. The van der Waals surface area contributed by atoms with Crippen molar-refractivity contribution in [2.45, 2.75) is 76.1 Å². The van der Waals surface area contributed by atoms with Crippen molar-refractivity contribution < 1.29 is 29.0 Å². The van der Waals surface area contributed by atoms with Crippen LogP contribution < -0.4 is 14.8 Å². The maximum Gasteiger partial charge on any atom is 0.333 e. The summed E-state index contributed by atoms with van der Waals surface area (Å²) in [7, 11) is 1.61. The number of benzene rings is 2. The van der Waals surface area contributed by atoms with E-state index in [0.717, 1.165) is 49.0 Å². The summed E-state index contributed by atoms with van der Waals surface area (Å²) in [5, 5.41) is 13.6. The minimum absolute atomic E-state index is 0.0219. The molecule has 0 bridgehead atoms. The van der Waals surface area contributed by atoms with E-state index < -0.39 is 35.6 Å². The van der Waals surface area contributed by atoms with Gasteiger partial charge in [-0.1, -0.05) is 57.2 Å². The molecule has 248 valence electrons. The van der Waals surface area contributed by atoms with Crippen LogP contribution in [0.2, 0.25) is 0 Å². The van der Waals surface area contributed by atoms with Gasteiger partial charge in [-0.15, -0.1) is 0 Å². The van der Waals surface area contributed by atoms with Crippen molar-refractivity contribution in [2.75, 3.05) is 26.7 Å². The van der Waals surface area contributed by atoms with Crippen LogP contribution in [0, 0.1) is 5.92 Å². The number of carbonyl (C=O) groups is 3. The van der Waals surface area contributed by atoms with Crippen LogP contribution in [0.25, 0.3) is 22.2 Å². The van der Waals surface area contributed by atoms with Crippen LogP contribution in [0.3, 0.4) is 0 Å². The average Bonchev–Trinajstić information content (AvgIpc) is 3.50. The number of carboxylic acid groups (broad SMARTS) is 1. The van der Waals surface area contributed by atoms with E-state index in [1.165, 1.54) is 0 Å². The summed E-state index contributed by atoms with van der Waals surface area (Å²) in [6, 6.07) is 16.0. The van der Waals surface area contributed by atoms with E-state index >= 15 is 0 Å². The second kappa shape index (κ2) is 13.4. The van der Waals surface area contributed by atoms with Gasteiger partial charge < -0.3 is 24.8 Å². The molecule has 3 heterocycles. The molecular weight excluding hydrogens is 596 g/mol. The Balaban J connectivity index is 1.34. The summed E-state index contributed by atoms with van der Waals surface area (Å²) in [5.41, 5.74) is 1.28. The third kappa shape index (κ3) is 6.31. The van der Waals surface area contributed by atoms with Gasteiger partial charge in [0, 0.05) is 29.5 Å². The quantitative estimate of drug-likeness (QED) is 0.295. The van der Waals surface area contributed by atoms with Crippen LogP contribution in [-0.4, -0.2) is 88.1 Å². The maximum atomic E-state index is 14.5. The summed E-state index contributed by atoms with van der Waals surface area (Å²) >= 11 is 0. The SMILES string of the molecule is C=C1CCC1(NC(=O)[C@@H]1C[C@@H](Oc2cc(-c3ccccc3)nc3cc(OC)ccc23)CN1C(=O)[C@H](C(C)C)N1CCCCC1)C(=O)O. The molecule has 3 aliphatic rings. The van der Waals surface area contributed by atoms with Gasteiger partial charge in [-0.3, -0.25) is 14.5 Å². The lowest BCUT2D eigenvalue weighted by Gasteiger charge is -2.42. The number of carbonyl (C=O) groups excluding carboxylic acids is 2. The number of carboxylic acids is 1. The molecule has 10 nitrogen and oxygen atoms in total. The highest BCUT2D eigenvalue weighted by atomic mass is 16.5. The van der Waals surface area contributed by atoms with Crippen LogP contribution in [-0.2, 0) is 14.4 Å². The molecule has 2 amide bonds. The monoisotopic (exact) mass is 640 g/mol. The van der Waals surface area contributed by atoms with Crippen molar-refractivity contribution in [2.24, 2.45) is 5.92 Å². The molecule has 47 heavy (non-hydrogen) atoms. The number of nitrogens with one attached hydrogen (secondary N) is 1. The first-order chi connectivity index (χ1) is 22.6. The van der Waals surface area contributed by atoms with Gasteiger partial charge in [-0.05, 0) is 62.4 Å². The molecule has 1 aromatic heterocycles. The first-order valence-electron chi connectivity index (χ1n) is 16.6. The minimum Gasteiger partial charge on any atom is -0.497 e. The van der Waals surface area contributed by atoms with Crippen LogP contribution in [0.15, 0.2) is 66.7 Å². The third-order valence-electron chi connectivity index (χ3n) is 9.97. The zero-order valence-electron chi connectivity index (χ0n) is 27.4. The van der Waals surface area contributed by atoms with Gasteiger partial charge in [0.2, 0.25) is 11.8 Å². The number of hydrogen-bond donors (Lipinski definition) is 2. The third-order valence-corrected chi connectivity index (χ3v) is 9.97. The number of aromatic nitrogens is 1. The Bertz CT molecular complexity index is 1660. The number of rotatable bonds is 10. The predicted octanol–water partition coefficient (Wildman–Crippen LogP) is 5.06. The molecule has 2 aromatic carbocycles. The molecule has 3 fully saturated rings. The fraction of sp³-hybridized carbons (Fsp3) is 0.459. The molecule has 10 heteroatoms. The standard InChI is InChI=1S/C37H44N4O6/c1-23(2)33(40-17-9-6-10-18-40)35(43)41-22-27(20-31(41)34(42)39-37(36(44)45)16-15-24(37)3)47-32-21-29(25-11-7-5-8-12-25)38-30-19-26(46-4)13-14-28(30)32/h5,7-8,11-14,19,21,23,27,31,33H,3,6,9-10,15-18,20,22H2,1-2,4H3,(H,39,42)(H,44,45)/t27-,31+,33+,37?/m1/s1. The zero-order chi connectivity index (χ0) is 33.3. The van der Waals surface area contributed by atoms with Crippen molar-refractivity contribution in [3.63, 3.8) is 0 Å². The lowest BCUT2D eigenvalue weighted by atomic mass is 9.72. The molecule has 0 radical (unpaired) electrons. The number of piperidine rings is 1. The Morgan fingerprint density at radius 2 is 1.81 bits per heavy atom. The lowest BCUT2D eigenvalue weighted by molar-refractivity contribution is -0.150. The second-order valence-electron chi connectivity index (χ2n) is 13.3. The number of methoxy groups -OCH3 is 1. The summed E-state index contributed by atoms with van der Waals surface area (Å²) < 4.78 is 12.2. The van der Waals surface area contributed by atoms with Gasteiger partial charge in [0.05, 0.1) is 30.9 Å². The Kier molecular flexibility index (Phi) is 9.23. The van der Waals surface area contributed by atoms with E-state index in [9.17, 15) is 19.5 Å². The van der Waals surface area contributed by atoms with E-state index in [1.807, 2.05) is 68.4 Å². The number of hydrogen-bond acceptors (Lipinski definition) is 7. The average molecular weight is 641 g/mol. The summed E-state index contributed by atoms with van der Waals surface area (Å²) in [6.07, 6.45) is 3.68. The molecule has 2 saturated heterocycles. The number of amides is 2. The normalized spacial score (nSPS) is 23.7. The first-order valence-corrected chi connectivity index (χ1v) is 16.6. The van der Waals surface area contributed by atoms with Gasteiger partial charge in [0.15, 0.2) is 5.54 Å². The lowest BCUT2D eigenvalue weighted by Crippen LogP contribution is -2.64. The fourth-order valence-corrected chi connectivity index (χ4v) is 7.25. The molecule has 2 N–H and O–H groups in total. The Morgan fingerprint density at radius 1 is 1.06 bits per heavy atom. The number of likely N-dealkylation sites (tertiary alicyclic amines) is 2. The van der Waals surface area contributed by atoms with Gasteiger partial charge in [-0.2, -0.15) is 0 Å². The summed E-state index contributed by atoms with van der Waals surface area (Å²) in [4.78, 5) is 49.5. The summed E-state index contributed by atoms with van der Waals surface area (Å²) in [5.74, 6) is -0.485. The van der Waals surface area contributed by atoms with Crippen molar-refractivity contribution >= 4 is 28.7 Å². The molecule has 6 rings (SSSR count). The van der Waals surface area contributed by atoms with Gasteiger partial charge in [0.1, 0.15) is 23.6 Å². The molecule has 0 spiro atoms. The van der Waals surface area contributed by atoms with Gasteiger partial charge >= 0.3 is 5.97 Å². The number of nitrogens with zero attached hydrogens (tertiary/aromatic N) is 3. The van der Waals surface area contributed by atoms with Crippen LogP contribution >= 0.6 is 0 Å². The predicted molar refractivity (Wildman–Crippen MR) is 179 cm³/mol. The van der Waals surface area contributed by atoms with Gasteiger partial charge in [0.25, 0.3) is 0 Å². The fourth-order valence-electron chi connectivity index (χ4n) is 7.25. The smallest absolute Gasteiger partial charge is 0.333 e. The minimum atomic E-state index is -1.51. The molecule has 1 aliphatic carbocycles. The van der Waals surface area contributed by atoms with Crippen LogP contribution in [0.5, 0.6) is 11.5 Å². The Morgan fingerprint density at radius 3 is 2.43 bits per heavy atom. The Labute approximate surface area is 275 Å². The molecule has 3 aromatic rings. The molecule has 4 atom stereocenters. The highest BCUT2D eigenvalue weighted by molar-refractivity contribution is 5.96. The van der Waals surface area contributed by atoms with Gasteiger partial charge in [-0.25, -0.2) is 9.78 Å². The highest BCUT2D eigenvalue weighted by Crippen LogP contribution is 2.39. The van der Waals surface area contributed by atoms with Crippen molar-refractivity contribution in [1.82, 2.24) is 20.1 Å². The van der Waals surface area contributed by atoms with E-state index in [1.54, 1.807) is 12.0 Å². The Hall–Kier alpha value is -4.44. The molecular formula is C37H44N4O6. The molecule has 1 unspecified atom stereocenters. The number of ether oxygens (including phenoxy) is 2. The summed E-state index contributed by atoms with van der Waals surface area (Å²) in [6.45, 7) is 9.83. The van der Waals surface area contributed by atoms with E-state index in [4.69, 9.17) is 14.5 Å². The topological polar surface area (TPSA) is 121 Å². The number of aliphatic carboxylic acids is 1. The van der Waals surface area contributed by atoms with E-state index in [2.05, 4.69) is 16.8 Å². The van der Waals surface area contributed by atoms with E-state index in [0.29, 0.717) is 29.0 Å². The number of fused-ring (bicyclic) bond motifs is 1. The zero-order valence-corrected chi connectivity index (χ0v) is 27.4. The second-order valence-corrected chi connectivity index (χ2v) is 13.3. The molecule has 1 saturated carbocycles.